The van der Waals surface area contributed by atoms with Gasteiger partial charge in [-0.2, -0.15) is 0 Å². The molecule has 0 spiro atoms. The molecule has 0 saturated heterocycles. The van der Waals surface area contributed by atoms with Crippen LogP contribution in [0.5, 0.6) is 0 Å². The smallest absolute Gasteiger partial charge is 0.323 e. The van der Waals surface area contributed by atoms with E-state index in [1.165, 1.54) is 4.90 Å². The maximum Gasteiger partial charge on any atom is 0.323 e. The molecule has 0 aliphatic rings. The molecule has 0 aliphatic heterocycles. The van der Waals surface area contributed by atoms with Crippen molar-refractivity contribution in [3.8, 4) is 0 Å². The van der Waals surface area contributed by atoms with Gasteiger partial charge in [-0.15, -0.1) is 0 Å². The van der Waals surface area contributed by atoms with E-state index in [9.17, 15) is 9.59 Å². The molecule has 7 heteroatoms. The Morgan fingerprint density at radius 3 is 2.74 bits per heavy atom. The van der Waals surface area contributed by atoms with Crippen molar-refractivity contribution in [2.24, 2.45) is 0 Å². The van der Waals surface area contributed by atoms with Gasteiger partial charge in [-0.3, -0.25) is 4.79 Å². The number of benzene rings is 1. The summed E-state index contributed by atoms with van der Waals surface area (Å²) in [6, 6.07) is 4.60. The van der Waals surface area contributed by atoms with Crippen molar-refractivity contribution in [3.05, 3.63) is 27.7 Å². The Labute approximate surface area is 124 Å². The number of amides is 2. The van der Waals surface area contributed by atoms with Crippen molar-refractivity contribution in [1.82, 2.24) is 4.90 Å². The Balaban J connectivity index is 2.81. The molecule has 2 N–H and O–H groups in total. The van der Waals surface area contributed by atoms with Crippen molar-refractivity contribution in [2.75, 3.05) is 18.4 Å². The van der Waals surface area contributed by atoms with E-state index in [-0.39, 0.29) is 6.54 Å². The second kappa shape index (κ2) is 7.35. The predicted molar refractivity (Wildman–Crippen MR) is 77.7 cm³/mol. The van der Waals surface area contributed by atoms with Gasteiger partial charge in [0, 0.05) is 6.54 Å². The second-order valence-corrected chi connectivity index (χ2v) is 5.05. The molecular formula is C12H14BrClN2O3. The highest BCUT2D eigenvalue weighted by Crippen LogP contribution is 2.30. The van der Waals surface area contributed by atoms with E-state index in [0.29, 0.717) is 28.1 Å². The van der Waals surface area contributed by atoms with Crippen molar-refractivity contribution in [2.45, 2.75) is 13.3 Å². The molecule has 104 valence electrons. The zero-order chi connectivity index (χ0) is 14.4. The van der Waals surface area contributed by atoms with Crippen molar-refractivity contribution in [1.29, 1.82) is 0 Å². The van der Waals surface area contributed by atoms with E-state index >= 15 is 0 Å². The quantitative estimate of drug-likeness (QED) is 0.855. The van der Waals surface area contributed by atoms with Gasteiger partial charge in [-0.05, 0) is 34.5 Å². The molecule has 0 fully saturated rings. The molecule has 0 heterocycles. The molecule has 19 heavy (non-hydrogen) atoms. The first kappa shape index (κ1) is 15.8. The number of carboxylic acid groups (broad SMARTS) is 1. The number of halogens is 2. The summed E-state index contributed by atoms with van der Waals surface area (Å²) in [4.78, 5) is 23.9. The standard InChI is InChI=1S/C12H14BrClN2O3/c1-2-6-16(7-10(17)18)12(19)15-9-5-3-4-8(14)11(9)13/h3-5H,2,6-7H2,1H3,(H,15,19)(H,17,18). The first-order valence-electron chi connectivity index (χ1n) is 5.67. The zero-order valence-corrected chi connectivity index (χ0v) is 12.7. The van der Waals surface area contributed by atoms with E-state index < -0.39 is 12.0 Å². The number of carbonyl (C=O) groups is 2. The fourth-order valence-corrected chi connectivity index (χ4v) is 2.02. The molecule has 0 radical (unpaired) electrons. The van der Waals surface area contributed by atoms with Gasteiger partial charge in [0.2, 0.25) is 0 Å². The molecule has 2 amide bonds. The lowest BCUT2D eigenvalue weighted by Gasteiger charge is -2.21. The number of hydrogen-bond acceptors (Lipinski definition) is 2. The van der Waals surface area contributed by atoms with E-state index in [0.717, 1.165) is 0 Å². The zero-order valence-electron chi connectivity index (χ0n) is 10.3. The van der Waals surface area contributed by atoms with Crippen molar-refractivity contribution >= 4 is 45.2 Å². The van der Waals surface area contributed by atoms with Gasteiger partial charge < -0.3 is 15.3 Å². The number of urea groups is 1. The number of carbonyl (C=O) groups excluding carboxylic acids is 1. The van der Waals surface area contributed by atoms with Gasteiger partial charge in [-0.25, -0.2) is 4.79 Å². The third-order valence-corrected chi connectivity index (χ3v) is 3.70. The van der Waals surface area contributed by atoms with Crippen LogP contribution in [-0.2, 0) is 4.79 Å². The Morgan fingerprint density at radius 1 is 1.47 bits per heavy atom. The fraction of sp³-hybridized carbons (Fsp3) is 0.333. The average molecular weight is 350 g/mol. The minimum atomic E-state index is -1.05. The van der Waals surface area contributed by atoms with E-state index in [1.807, 2.05) is 6.92 Å². The molecule has 0 bridgehead atoms. The van der Waals surface area contributed by atoms with Gasteiger partial charge in [-0.1, -0.05) is 24.6 Å². The summed E-state index contributed by atoms with van der Waals surface area (Å²) in [5.74, 6) is -1.05. The van der Waals surface area contributed by atoms with Crippen LogP contribution in [0, 0.1) is 0 Å². The topological polar surface area (TPSA) is 69.6 Å². The molecule has 1 aromatic carbocycles. The van der Waals surface area contributed by atoms with Crippen LogP contribution in [0.2, 0.25) is 5.02 Å². The number of anilines is 1. The highest BCUT2D eigenvalue weighted by molar-refractivity contribution is 9.10. The predicted octanol–water partition coefficient (Wildman–Crippen LogP) is 3.43. The summed E-state index contributed by atoms with van der Waals surface area (Å²) >= 11 is 9.18. The molecule has 0 atom stereocenters. The van der Waals surface area contributed by atoms with Gasteiger partial charge >= 0.3 is 12.0 Å². The average Bonchev–Trinajstić information content (AvgIpc) is 2.34. The van der Waals surface area contributed by atoms with Gasteiger partial charge in [0.25, 0.3) is 0 Å². The number of nitrogens with one attached hydrogen (secondary N) is 1. The van der Waals surface area contributed by atoms with Gasteiger partial charge in [0.15, 0.2) is 0 Å². The summed E-state index contributed by atoms with van der Waals surface area (Å²) in [6.45, 7) is 1.91. The minimum Gasteiger partial charge on any atom is -0.480 e. The molecule has 1 rings (SSSR count). The third-order valence-electron chi connectivity index (χ3n) is 2.30. The Bertz CT molecular complexity index is 482. The summed E-state index contributed by atoms with van der Waals surface area (Å²) in [5, 5.41) is 11.9. The lowest BCUT2D eigenvalue weighted by atomic mass is 10.3. The van der Waals surface area contributed by atoms with Gasteiger partial charge in [0.05, 0.1) is 15.2 Å². The summed E-state index contributed by atoms with van der Waals surface area (Å²) in [5.41, 5.74) is 0.504. The lowest BCUT2D eigenvalue weighted by molar-refractivity contribution is -0.137. The molecule has 5 nitrogen and oxygen atoms in total. The first-order valence-corrected chi connectivity index (χ1v) is 6.84. The molecule has 0 aliphatic carbocycles. The first-order chi connectivity index (χ1) is 8.95. The van der Waals surface area contributed by atoms with Crippen LogP contribution >= 0.6 is 27.5 Å². The van der Waals surface area contributed by atoms with Crippen LogP contribution in [0.25, 0.3) is 0 Å². The third kappa shape index (κ3) is 4.72. The maximum atomic E-state index is 12.0. The number of rotatable bonds is 5. The van der Waals surface area contributed by atoms with E-state index in [1.54, 1.807) is 18.2 Å². The molecular weight excluding hydrogens is 336 g/mol. The van der Waals surface area contributed by atoms with Crippen LogP contribution in [0.4, 0.5) is 10.5 Å². The Morgan fingerprint density at radius 2 is 2.16 bits per heavy atom. The molecule has 0 saturated carbocycles. The minimum absolute atomic E-state index is 0.335. The lowest BCUT2D eigenvalue weighted by Crippen LogP contribution is -2.39. The highest BCUT2D eigenvalue weighted by atomic mass is 79.9. The highest BCUT2D eigenvalue weighted by Gasteiger charge is 2.17. The number of carboxylic acids is 1. The van der Waals surface area contributed by atoms with Gasteiger partial charge in [0.1, 0.15) is 6.54 Å². The number of hydrogen-bond donors (Lipinski definition) is 2. The largest absolute Gasteiger partial charge is 0.480 e. The van der Waals surface area contributed by atoms with Crippen LogP contribution in [0.1, 0.15) is 13.3 Å². The van der Waals surface area contributed by atoms with Crippen LogP contribution in [0.3, 0.4) is 0 Å². The SMILES string of the molecule is CCCN(CC(=O)O)C(=O)Nc1cccc(Cl)c1Br. The maximum absolute atomic E-state index is 12.0. The van der Waals surface area contributed by atoms with Crippen LogP contribution in [-0.4, -0.2) is 35.1 Å². The monoisotopic (exact) mass is 348 g/mol. The van der Waals surface area contributed by atoms with Crippen molar-refractivity contribution in [3.63, 3.8) is 0 Å². The molecule has 1 aromatic rings. The Hall–Kier alpha value is -1.27. The van der Waals surface area contributed by atoms with Crippen LogP contribution in [0.15, 0.2) is 22.7 Å². The normalized spacial score (nSPS) is 10.1. The van der Waals surface area contributed by atoms with E-state index in [2.05, 4.69) is 21.2 Å². The van der Waals surface area contributed by atoms with E-state index in [4.69, 9.17) is 16.7 Å². The van der Waals surface area contributed by atoms with Crippen molar-refractivity contribution < 1.29 is 14.7 Å². The molecule has 0 aromatic heterocycles. The second-order valence-electron chi connectivity index (χ2n) is 3.85. The Kier molecular flexibility index (Phi) is 6.11. The summed E-state index contributed by atoms with van der Waals surface area (Å²) < 4.78 is 0.566. The summed E-state index contributed by atoms with van der Waals surface area (Å²) in [6.07, 6.45) is 0.678. The number of nitrogens with zero attached hydrogens (tertiary/aromatic N) is 1. The number of aliphatic carboxylic acids is 1. The summed E-state index contributed by atoms with van der Waals surface area (Å²) in [7, 11) is 0. The molecule has 0 unspecified atom stereocenters. The van der Waals surface area contributed by atoms with Crippen LogP contribution < -0.4 is 5.32 Å². The fourth-order valence-electron chi connectivity index (χ4n) is 1.48.